The van der Waals surface area contributed by atoms with Gasteiger partial charge in [0, 0.05) is 25.4 Å². The van der Waals surface area contributed by atoms with Crippen LogP contribution in [-0.4, -0.2) is 41.1 Å². The zero-order valence-corrected chi connectivity index (χ0v) is 15.5. The second-order valence-corrected chi connectivity index (χ2v) is 7.43. The Bertz CT molecular complexity index is 729. The van der Waals surface area contributed by atoms with Gasteiger partial charge in [0.1, 0.15) is 0 Å². The molecule has 1 aromatic carbocycles. The lowest BCUT2D eigenvalue weighted by molar-refractivity contribution is 0.121. The van der Waals surface area contributed by atoms with Crippen LogP contribution in [0.15, 0.2) is 29.4 Å². The summed E-state index contributed by atoms with van der Waals surface area (Å²) in [6.07, 6.45) is 0. The lowest BCUT2D eigenvalue weighted by Crippen LogP contribution is -2.38. The summed E-state index contributed by atoms with van der Waals surface area (Å²) in [7, 11) is 0. The maximum absolute atomic E-state index is 8.89. The lowest BCUT2D eigenvalue weighted by Gasteiger charge is -2.28. The van der Waals surface area contributed by atoms with Crippen molar-refractivity contribution in [3.05, 3.63) is 35.4 Å². The third-order valence-electron chi connectivity index (χ3n) is 3.99. The molecule has 6 nitrogen and oxygen atoms in total. The van der Waals surface area contributed by atoms with Crippen LogP contribution in [-0.2, 0) is 17.0 Å². The van der Waals surface area contributed by atoms with Crippen LogP contribution >= 0.6 is 11.8 Å². The van der Waals surface area contributed by atoms with Gasteiger partial charge in [-0.25, -0.2) is 0 Å². The van der Waals surface area contributed by atoms with E-state index in [0.717, 1.165) is 49.7 Å². The Balaban J connectivity index is 1.75. The number of hydrogen-bond acceptors (Lipinski definition) is 6. The molecule has 0 spiro atoms. The molecule has 1 aliphatic rings. The van der Waals surface area contributed by atoms with Crippen molar-refractivity contribution in [3.63, 3.8) is 0 Å². The summed E-state index contributed by atoms with van der Waals surface area (Å²) >= 11 is 1.69. The predicted molar refractivity (Wildman–Crippen MR) is 98.6 cm³/mol. The minimum atomic E-state index is 0.519. The summed E-state index contributed by atoms with van der Waals surface area (Å²) < 4.78 is 7.67. The van der Waals surface area contributed by atoms with Crippen molar-refractivity contribution in [2.45, 2.75) is 31.3 Å². The lowest BCUT2D eigenvalue weighted by atomic mass is 10.2. The molecule has 1 aliphatic heterocycles. The molecular weight excluding hydrogens is 334 g/mol. The number of hydrogen-bond donors (Lipinski definition) is 0. The number of nitriles is 1. The van der Waals surface area contributed by atoms with Gasteiger partial charge in [0.25, 0.3) is 0 Å². The largest absolute Gasteiger partial charge is 0.378 e. The van der Waals surface area contributed by atoms with E-state index in [9.17, 15) is 0 Å². The van der Waals surface area contributed by atoms with Crippen LogP contribution in [0.25, 0.3) is 0 Å². The van der Waals surface area contributed by atoms with Gasteiger partial charge in [-0.2, -0.15) is 5.26 Å². The topological polar surface area (TPSA) is 67.0 Å². The molecule has 0 N–H and O–H groups in total. The normalized spacial score (nSPS) is 14.7. The van der Waals surface area contributed by atoms with E-state index in [2.05, 4.69) is 39.6 Å². The summed E-state index contributed by atoms with van der Waals surface area (Å²) in [5.41, 5.74) is 1.86. The van der Waals surface area contributed by atoms with E-state index in [1.807, 2.05) is 24.3 Å². The first-order valence-electron chi connectivity index (χ1n) is 8.55. The first kappa shape index (κ1) is 17.8. The van der Waals surface area contributed by atoms with Crippen LogP contribution in [0.2, 0.25) is 0 Å². The first-order valence-corrected chi connectivity index (χ1v) is 9.53. The fourth-order valence-corrected chi connectivity index (χ4v) is 3.63. The molecule has 0 radical (unpaired) electrons. The van der Waals surface area contributed by atoms with Gasteiger partial charge in [0.15, 0.2) is 5.16 Å². The summed E-state index contributed by atoms with van der Waals surface area (Å²) in [5, 5.41) is 18.7. The van der Waals surface area contributed by atoms with Crippen molar-refractivity contribution in [3.8, 4) is 6.07 Å². The zero-order valence-electron chi connectivity index (χ0n) is 14.7. The highest BCUT2D eigenvalue weighted by Crippen LogP contribution is 2.26. The fourth-order valence-electron chi connectivity index (χ4n) is 2.73. The molecule has 1 aromatic heterocycles. The Hall–Kier alpha value is -2.04. The highest BCUT2D eigenvalue weighted by atomic mass is 32.2. The van der Waals surface area contributed by atoms with Crippen LogP contribution in [0.1, 0.15) is 25.0 Å². The van der Waals surface area contributed by atoms with Crippen molar-refractivity contribution in [2.75, 3.05) is 31.2 Å². The predicted octanol–water partition coefficient (Wildman–Crippen LogP) is 2.93. The number of thioether (sulfide) groups is 1. The van der Waals surface area contributed by atoms with Crippen LogP contribution in [0.3, 0.4) is 0 Å². The van der Waals surface area contributed by atoms with E-state index >= 15 is 0 Å². The van der Waals surface area contributed by atoms with Crippen LogP contribution in [0, 0.1) is 17.2 Å². The smallest absolute Gasteiger partial charge is 0.228 e. The number of anilines is 1. The number of aromatic nitrogens is 3. The van der Waals surface area contributed by atoms with Crippen molar-refractivity contribution >= 4 is 17.7 Å². The molecule has 7 heteroatoms. The minimum Gasteiger partial charge on any atom is -0.378 e. The number of benzene rings is 1. The van der Waals surface area contributed by atoms with Crippen LogP contribution in [0.4, 0.5) is 5.95 Å². The van der Waals surface area contributed by atoms with E-state index in [0.29, 0.717) is 11.5 Å². The average Bonchev–Trinajstić information content (AvgIpc) is 3.03. The molecule has 0 bridgehead atoms. The molecule has 132 valence electrons. The van der Waals surface area contributed by atoms with Crippen LogP contribution in [0.5, 0.6) is 0 Å². The number of ether oxygens (including phenoxy) is 1. The summed E-state index contributed by atoms with van der Waals surface area (Å²) in [4.78, 5) is 2.25. The maximum Gasteiger partial charge on any atom is 0.228 e. The number of nitrogens with zero attached hydrogens (tertiary/aromatic N) is 5. The van der Waals surface area contributed by atoms with Gasteiger partial charge in [-0.05, 0) is 23.6 Å². The van der Waals surface area contributed by atoms with E-state index in [1.54, 1.807) is 11.8 Å². The van der Waals surface area contributed by atoms with E-state index < -0.39 is 0 Å². The zero-order chi connectivity index (χ0) is 17.6. The monoisotopic (exact) mass is 357 g/mol. The Morgan fingerprint density at radius 3 is 2.56 bits per heavy atom. The molecule has 25 heavy (non-hydrogen) atoms. The second kappa shape index (κ2) is 8.37. The van der Waals surface area contributed by atoms with Gasteiger partial charge in [-0.3, -0.25) is 4.57 Å². The van der Waals surface area contributed by atoms with Crippen molar-refractivity contribution in [1.29, 1.82) is 5.26 Å². The molecule has 2 aromatic rings. The van der Waals surface area contributed by atoms with Gasteiger partial charge in [0.2, 0.25) is 5.95 Å². The molecule has 0 unspecified atom stereocenters. The standard InChI is InChI=1S/C18H23N5OS/c1-14(2)12-23-17(22-7-9-24-10-8-22)20-21-18(23)25-13-16-5-3-15(11-19)4-6-16/h3-6,14H,7-10,12-13H2,1-2H3. The maximum atomic E-state index is 8.89. The Morgan fingerprint density at radius 1 is 1.20 bits per heavy atom. The van der Waals surface area contributed by atoms with Gasteiger partial charge in [0.05, 0.1) is 24.8 Å². The Morgan fingerprint density at radius 2 is 1.92 bits per heavy atom. The van der Waals surface area contributed by atoms with Gasteiger partial charge in [-0.15, -0.1) is 10.2 Å². The fraction of sp³-hybridized carbons (Fsp3) is 0.500. The molecular formula is C18H23N5OS. The summed E-state index contributed by atoms with van der Waals surface area (Å²) in [6.45, 7) is 8.50. The number of morpholine rings is 1. The minimum absolute atomic E-state index is 0.519. The van der Waals surface area contributed by atoms with E-state index in [4.69, 9.17) is 10.00 Å². The molecule has 0 aliphatic carbocycles. The second-order valence-electron chi connectivity index (χ2n) is 6.48. The van der Waals surface area contributed by atoms with Crippen molar-refractivity contribution in [1.82, 2.24) is 14.8 Å². The van der Waals surface area contributed by atoms with Crippen LogP contribution < -0.4 is 4.90 Å². The SMILES string of the molecule is CC(C)Cn1c(SCc2ccc(C#N)cc2)nnc1N1CCOCC1. The molecule has 2 heterocycles. The van der Waals surface area contributed by atoms with E-state index in [1.165, 1.54) is 5.56 Å². The number of rotatable bonds is 6. The van der Waals surface area contributed by atoms with Gasteiger partial charge < -0.3 is 9.64 Å². The van der Waals surface area contributed by atoms with Gasteiger partial charge in [-0.1, -0.05) is 37.7 Å². The third kappa shape index (κ3) is 4.53. The van der Waals surface area contributed by atoms with E-state index in [-0.39, 0.29) is 0 Å². The molecule has 1 fully saturated rings. The summed E-state index contributed by atoms with van der Waals surface area (Å²) in [6, 6.07) is 9.85. The quantitative estimate of drug-likeness (QED) is 0.741. The molecule has 0 saturated carbocycles. The van der Waals surface area contributed by atoms with Gasteiger partial charge >= 0.3 is 0 Å². The van der Waals surface area contributed by atoms with Crippen molar-refractivity contribution < 1.29 is 4.74 Å². The third-order valence-corrected chi connectivity index (χ3v) is 5.03. The highest BCUT2D eigenvalue weighted by molar-refractivity contribution is 7.98. The Labute approximate surface area is 152 Å². The van der Waals surface area contributed by atoms with Crippen molar-refractivity contribution in [2.24, 2.45) is 5.92 Å². The molecule has 0 atom stereocenters. The molecule has 3 rings (SSSR count). The first-order chi connectivity index (χ1) is 12.2. The highest BCUT2D eigenvalue weighted by Gasteiger charge is 2.21. The Kier molecular flexibility index (Phi) is 5.95. The summed E-state index contributed by atoms with van der Waals surface area (Å²) in [5.74, 6) is 2.27. The molecule has 0 amide bonds. The average molecular weight is 357 g/mol. The molecule has 1 saturated heterocycles.